The molecule has 0 heterocycles. The van der Waals surface area contributed by atoms with Gasteiger partial charge in [-0.1, -0.05) is 103 Å². The molecule has 0 rings (SSSR count). The highest BCUT2D eigenvalue weighted by Crippen LogP contribution is 2.13. The SMILES string of the molecule is CCCCCCCCCCCCCCCCCCNCC[CH]CN(C)C. The summed E-state index contributed by atoms with van der Waals surface area (Å²) in [5.41, 5.74) is 0. The van der Waals surface area contributed by atoms with Gasteiger partial charge in [0.1, 0.15) is 0 Å². The van der Waals surface area contributed by atoms with Crippen molar-refractivity contribution in [1.29, 1.82) is 0 Å². The minimum Gasteiger partial charge on any atom is -0.317 e. The Hall–Kier alpha value is -0.0800. The van der Waals surface area contributed by atoms with Crippen molar-refractivity contribution in [3.8, 4) is 0 Å². The van der Waals surface area contributed by atoms with E-state index < -0.39 is 0 Å². The second-order valence-corrected chi connectivity index (χ2v) is 8.39. The van der Waals surface area contributed by atoms with Gasteiger partial charge in [-0.05, 0) is 46.4 Å². The molecule has 0 aromatic carbocycles. The molecule has 0 aromatic heterocycles. The summed E-state index contributed by atoms with van der Waals surface area (Å²) in [6, 6.07) is 0. The molecule has 0 aliphatic rings. The molecule has 1 N–H and O–H groups in total. The molecule has 0 spiro atoms. The van der Waals surface area contributed by atoms with Gasteiger partial charge < -0.3 is 10.2 Å². The van der Waals surface area contributed by atoms with Crippen LogP contribution in [0.4, 0.5) is 0 Å². The van der Waals surface area contributed by atoms with Crippen LogP contribution in [0.3, 0.4) is 0 Å². The first kappa shape index (κ1) is 25.9. The summed E-state index contributed by atoms with van der Waals surface area (Å²) in [6.07, 6.45) is 26.7. The number of nitrogens with zero attached hydrogens (tertiary/aromatic N) is 1. The fourth-order valence-corrected chi connectivity index (χ4v) is 3.48. The average Bonchev–Trinajstić information content (AvgIpc) is 2.62. The Morgan fingerprint density at radius 2 is 1.00 bits per heavy atom. The Morgan fingerprint density at radius 1 is 0.577 bits per heavy atom. The standard InChI is InChI=1S/C24H51N2/c1-4-5-6-7-8-9-10-11-12-13-14-15-16-17-18-19-22-25-23-20-21-24-26(2)3/h21,25H,4-20,22-24H2,1-3H3. The molecule has 0 aliphatic carbocycles. The summed E-state index contributed by atoms with van der Waals surface area (Å²) in [4.78, 5) is 2.22. The number of unbranched alkanes of at least 4 members (excludes halogenated alkanes) is 16. The zero-order chi connectivity index (χ0) is 19.1. The predicted molar refractivity (Wildman–Crippen MR) is 120 cm³/mol. The predicted octanol–water partition coefficient (Wildman–Crippen LogP) is 6.99. The molecule has 2 nitrogen and oxygen atoms in total. The number of nitrogens with one attached hydrogen (secondary N) is 1. The van der Waals surface area contributed by atoms with E-state index in [2.05, 4.69) is 37.7 Å². The molecular weight excluding hydrogens is 316 g/mol. The van der Waals surface area contributed by atoms with Crippen molar-refractivity contribution in [3.05, 3.63) is 6.42 Å². The summed E-state index contributed by atoms with van der Waals surface area (Å²) in [5, 5.41) is 3.56. The van der Waals surface area contributed by atoms with Gasteiger partial charge in [0, 0.05) is 6.54 Å². The summed E-state index contributed by atoms with van der Waals surface area (Å²) >= 11 is 0. The quantitative estimate of drug-likeness (QED) is 0.207. The molecule has 157 valence electrons. The van der Waals surface area contributed by atoms with E-state index in [1.165, 1.54) is 116 Å². The van der Waals surface area contributed by atoms with Gasteiger partial charge in [-0.3, -0.25) is 0 Å². The second-order valence-electron chi connectivity index (χ2n) is 8.39. The topological polar surface area (TPSA) is 15.3 Å². The molecule has 0 unspecified atom stereocenters. The minimum atomic E-state index is 1.10. The molecule has 2 heteroatoms. The van der Waals surface area contributed by atoms with Crippen LogP contribution in [0.2, 0.25) is 0 Å². The first-order valence-corrected chi connectivity index (χ1v) is 11.9. The number of rotatable bonds is 22. The fraction of sp³-hybridized carbons (Fsp3) is 0.958. The smallest absolute Gasteiger partial charge is 0.000717 e. The van der Waals surface area contributed by atoms with Crippen molar-refractivity contribution in [1.82, 2.24) is 10.2 Å². The normalized spacial score (nSPS) is 11.5. The summed E-state index contributed by atoms with van der Waals surface area (Å²) in [7, 11) is 4.25. The molecule has 0 bridgehead atoms. The summed E-state index contributed by atoms with van der Waals surface area (Å²) in [5.74, 6) is 0. The van der Waals surface area contributed by atoms with E-state index in [0.717, 1.165) is 13.1 Å². The van der Waals surface area contributed by atoms with E-state index in [1.807, 2.05) is 0 Å². The first-order chi connectivity index (χ1) is 12.8. The van der Waals surface area contributed by atoms with Crippen LogP contribution in [0.5, 0.6) is 0 Å². The third-order valence-corrected chi connectivity index (χ3v) is 5.23. The van der Waals surface area contributed by atoms with Crippen molar-refractivity contribution in [2.24, 2.45) is 0 Å². The first-order valence-electron chi connectivity index (χ1n) is 11.9. The van der Waals surface area contributed by atoms with Gasteiger partial charge in [0.15, 0.2) is 0 Å². The third kappa shape index (κ3) is 23.9. The van der Waals surface area contributed by atoms with Crippen molar-refractivity contribution >= 4 is 0 Å². The van der Waals surface area contributed by atoms with Crippen molar-refractivity contribution < 1.29 is 0 Å². The monoisotopic (exact) mass is 367 g/mol. The Morgan fingerprint density at radius 3 is 1.42 bits per heavy atom. The van der Waals surface area contributed by atoms with Gasteiger partial charge in [0.2, 0.25) is 0 Å². The largest absolute Gasteiger partial charge is 0.317 e. The van der Waals surface area contributed by atoms with Crippen LogP contribution in [0.1, 0.15) is 116 Å². The lowest BCUT2D eigenvalue weighted by Crippen LogP contribution is -2.19. The highest BCUT2D eigenvalue weighted by Gasteiger charge is 1.95. The van der Waals surface area contributed by atoms with Crippen LogP contribution in [0, 0.1) is 6.42 Å². The molecule has 0 fully saturated rings. The van der Waals surface area contributed by atoms with Crippen LogP contribution >= 0.6 is 0 Å². The maximum Gasteiger partial charge on any atom is 0.000717 e. The van der Waals surface area contributed by atoms with E-state index in [9.17, 15) is 0 Å². The number of hydrogen-bond donors (Lipinski definition) is 1. The van der Waals surface area contributed by atoms with E-state index in [-0.39, 0.29) is 0 Å². The summed E-state index contributed by atoms with van der Waals surface area (Å²) in [6.45, 7) is 5.74. The Kier molecular flexibility index (Phi) is 22.9. The molecule has 0 saturated heterocycles. The van der Waals surface area contributed by atoms with E-state index >= 15 is 0 Å². The lowest BCUT2D eigenvalue weighted by molar-refractivity contribution is 0.434. The Balaban J connectivity index is 2.97. The molecule has 0 aromatic rings. The molecule has 0 atom stereocenters. The molecule has 0 amide bonds. The van der Waals surface area contributed by atoms with Gasteiger partial charge in [0.05, 0.1) is 0 Å². The highest BCUT2D eigenvalue weighted by atomic mass is 15.0. The fourth-order valence-electron chi connectivity index (χ4n) is 3.48. The van der Waals surface area contributed by atoms with E-state index in [1.54, 1.807) is 0 Å². The second kappa shape index (κ2) is 23.0. The zero-order valence-electron chi connectivity index (χ0n) is 18.7. The average molecular weight is 368 g/mol. The summed E-state index contributed by atoms with van der Waals surface area (Å²) < 4.78 is 0. The minimum absolute atomic E-state index is 1.10. The van der Waals surface area contributed by atoms with Crippen LogP contribution in [0.15, 0.2) is 0 Å². The third-order valence-electron chi connectivity index (χ3n) is 5.23. The molecular formula is C24H51N2. The molecule has 0 aliphatic heterocycles. The van der Waals surface area contributed by atoms with Gasteiger partial charge in [-0.2, -0.15) is 0 Å². The molecule has 1 radical (unpaired) electrons. The van der Waals surface area contributed by atoms with Crippen molar-refractivity contribution in [3.63, 3.8) is 0 Å². The zero-order valence-corrected chi connectivity index (χ0v) is 18.7. The van der Waals surface area contributed by atoms with Crippen LogP contribution in [-0.2, 0) is 0 Å². The lowest BCUT2D eigenvalue weighted by Gasteiger charge is -2.09. The number of hydrogen-bond acceptors (Lipinski definition) is 2. The Labute approximate surface area is 166 Å². The van der Waals surface area contributed by atoms with E-state index in [0.29, 0.717) is 0 Å². The van der Waals surface area contributed by atoms with Crippen LogP contribution in [0.25, 0.3) is 0 Å². The van der Waals surface area contributed by atoms with Crippen molar-refractivity contribution in [2.45, 2.75) is 116 Å². The lowest BCUT2D eigenvalue weighted by atomic mass is 10.0. The van der Waals surface area contributed by atoms with Gasteiger partial charge in [0.25, 0.3) is 0 Å². The van der Waals surface area contributed by atoms with Gasteiger partial charge in [-0.25, -0.2) is 0 Å². The highest BCUT2D eigenvalue weighted by molar-refractivity contribution is 4.68. The van der Waals surface area contributed by atoms with Gasteiger partial charge >= 0.3 is 0 Å². The van der Waals surface area contributed by atoms with Crippen LogP contribution in [-0.4, -0.2) is 38.6 Å². The van der Waals surface area contributed by atoms with Gasteiger partial charge in [-0.15, -0.1) is 0 Å². The maximum absolute atomic E-state index is 3.56. The van der Waals surface area contributed by atoms with Crippen LogP contribution < -0.4 is 5.32 Å². The van der Waals surface area contributed by atoms with E-state index in [4.69, 9.17) is 0 Å². The molecule has 26 heavy (non-hydrogen) atoms. The Bertz CT molecular complexity index is 240. The maximum atomic E-state index is 3.56. The molecule has 0 saturated carbocycles. The van der Waals surface area contributed by atoms with Crippen molar-refractivity contribution in [2.75, 3.05) is 33.7 Å².